The van der Waals surface area contributed by atoms with Crippen LogP contribution >= 0.6 is 0 Å². The average Bonchev–Trinajstić information content (AvgIpc) is 3.18. The van der Waals surface area contributed by atoms with Gasteiger partial charge in [0, 0.05) is 44.8 Å². The second-order valence-corrected chi connectivity index (χ2v) is 11.4. The van der Waals surface area contributed by atoms with E-state index in [-0.39, 0.29) is 48.2 Å². The number of fused-ring (bicyclic) bond motifs is 1. The van der Waals surface area contributed by atoms with E-state index < -0.39 is 29.7 Å². The fourth-order valence-corrected chi connectivity index (χ4v) is 6.31. The Hall–Kier alpha value is -4.65. The van der Waals surface area contributed by atoms with Gasteiger partial charge in [-0.1, -0.05) is 6.07 Å². The zero-order valence-corrected chi connectivity index (χ0v) is 22.7. The van der Waals surface area contributed by atoms with Gasteiger partial charge in [0.2, 0.25) is 11.8 Å². The lowest BCUT2D eigenvalue weighted by atomic mass is 9.99. The van der Waals surface area contributed by atoms with Crippen molar-refractivity contribution >= 4 is 41.1 Å². The van der Waals surface area contributed by atoms with E-state index in [2.05, 4.69) is 10.2 Å². The van der Waals surface area contributed by atoms with Gasteiger partial charge in [-0.15, -0.1) is 0 Å². The van der Waals surface area contributed by atoms with Gasteiger partial charge in [-0.3, -0.25) is 39.2 Å². The number of benzene rings is 2. The number of nitrogens with zero attached hydrogens (tertiary/aromatic N) is 4. The van der Waals surface area contributed by atoms with Gasteiger partial charge in [-0.05, 0) is 42.8 Å². The molecule has 0 spiro atoms. The van der Waals surface area contributed by atoms with Crippen LogP contribution < -0.4 is 20.7 Å². The first-order valence-electron chi connectivity index (χ1n) is 14.1. The number of cyclic esters (lactones) is 1. The van der Waals surface area contributed by atoms with E-state index in [4.69, 9.17) is 15.2 Å². The van der Waals surface area contributed by atoms with Gasteiger partial charge < -0.3 is 20.1 Å². The van der Waals surface area contributed by atoms with Crippen molar-refractivity contribution in [1.29, 1.82) is 0 Å². The lowest BCUT2D eigenvalue weighted by Crippen LogP contribution is -2.68. The van der Waals surface area contributed by atoms with Gasteiger partial charge in [0.1, 0.15) is 24.5 Å². The van der Waals surface area contributed by atoms with Crippen LogP contribution in [0.15, 0.2) is 42.5 Å². The molecule has 0 aliphatic carbocycles. The number of hydrogen-bond acceptors (Lipinski definition) is 10. The highest BCUT2D eigenvalue weighted by atomic mass is 16.6. The SMILES string of the molecule is Nc1ccc(OC2CN(C3COC(=O)N(C4CN(c5cccc6c5C(=O)N(C5CCC(=O)NC5=O)C6=O)C4)C3)C2)cc1. The zero-order chi connectivity index (χ0) is 29.1. The molecule has 2 atom stereocenters. The summed E-state index contributed by atoms with van der Waals surface area (Å²) in [5, 5.41) is 2.22. The molecular formula is C29H30N6O7. The summed E-state index contributed by atoms with van der Waals surface area (Å²) >= 11 is 0. The number of anilines is 2. The predicted octanol–water partition coefficient (Wildman–Crippen LogP) is 0.443. The average molecular weight is 575 g/mol. The molecule has 5 aliphatic heterocycles. The molecule has 13 heteroatoms. The Morgan fingerprint density at radius 2 is 1.64 bits per heavy atom. The lowest BCUT2D eigenvalue weighted by Gasteiger charge is -2.51. The van der Waals surface area contributed by atoms with Crippen molar-refractivity contribution in [3.8, 4) is 5.75 Å². The highest BCUT2D eigenvalue weighted by Crippen LogP contribution is 2.37. The zero-order valence-electron chi connectivity index (χ0n) is 22.7. The number of piperidine rings is 1. The Labute approximate surface area is 241 Å². The van der Waals surface area contributed by atoms with Crippen LogP contribution in [0.4, 0.5) is 16.2 Å². The third-order valence-electron chi connectivity index (χ3n) is 8.71. The summed E-state index contributed by atoms with van der Waals surface area (Å²) < 4.78 is 11.5. The maximum atomic E-state index is 13.5. The van der Waals surface area contributed by atoms with Crippen molar-refractivity contribution in [1.82, 2.24) is 20.0 Å². The van der Waals surface area contributed by atoms with E-state index in [1.54, 1.807) is 35.2 Å². The van der Waals surface area contributed by atoms with Crippen LogP contribution in [0.25, 0.3) is 0 Å². The number of nitrogens with two attached hydrogens (primary N) is 1. The predicted molar refractivity (Wildman–Crippen MR) is 148 cm³/mol. The molecule has 5 aliphatic rings. The molecule has 4 fully saturated rings. The highest BCUT2D eigenvalue weighted by molar-refractivity contribution is 6.25. The molecule has 218 valence electrons. The molecule has 2 aromatic rings. The summed E-state index contributed by atoms with van der Waals surface area (Å²) in [7, 11) is 0. The van der Waals surface area contributed by atoms with E-state index >= 15 is 0 Å². The maximum absolute atomic E-state index is 13.5. The van der Waals surface area contributed by atoms with Crippen molar-refractivity contribution in [2.75, 3.05) is 50.0 Å². The molecule has 4 saturated heterocycles. The van der Waals surface area contributed by atoms with Gasteiger partial charge in [0.25, 0.3) is 11.8 Å². The first-order chi connectivity index (χ1) is 20.3. The lowest BCUT2D eigenvalue weighted by molar-refractivity contribution is -0.136. The first-order valence-corrected chi connectivity index (χ1v) is 14.1. The van der Waals surface area contributed by atoms with E-state index in [1.165, 1.54) is 0 Å². The van der Waals surface area contributed by atoms with Gasteiger partial charge >= 0.3 is 6.09 Å². The van der Waals surface area contributed by atoms with Gasteiger partial charge in [-0.25, -0.2) is 4.79 Å². The van der Waals surface area contributed by atoms with Crippen molar-refractivity contribution in [3.05, 3.63) is 53.6 Å². The van der Waals surface area contributed by atoms with Gasteiger partial charge in [0.15, 0.2) is 0 Å². The summed E-state index contributed by atoms with van der Waals surface area (Å²) in [6, 6.07) is 11.3. The van der Waals surface area contributed by atoms with E-state index in [9.17, 15) is 24.0 Å². The quantitative estimate of drug-likeness (QED) is 0.367. The third-order valence-corrected chi connectivity index (χ3v) is 8.71. The Kier molecular flexibility index (Phi) is 6.26. The van der Waals surface area contributed by atoms with Crippen LogP contribution in [0.5, 0.6) is 5.75 Å². The monoisotopic (exact) mass is 574 g/mol. The minimum absolute atomic E-state index is 0.0465. The Bertz CT molecular complexity index is 1480. The Morgan fingerprint density at radius 1 is 0.881 bits per heavy atom. The molecule has 7 rings (SSSR count). The Morgan fingerprint density at radius 3 is 2.38 bits per heavy atom. The minimum Gasteiger partial charge on any atom is -0.488 e. The summed E-state index contributed by atoms with van der Waals surface area (Å²) in [4.78, 5) is 70.3. The van der Waals surface area contributed by atoms with Crippen LogP contribution in [0.3, 0.4) is 0 Å². The first kappa shape index (κ1) is 26.3. The number of nitrogens with one attached hydrogen (secondary N) is 1. The third kappa shape index (κ3) is 4.40. The normalized spacial score (nSPS) is 25.1. The number of carbonyl (C=O) groups is 5. The standard InChI is InChI=1S/C29H30N6O7/c30-16-4-6-19(7-5-16)42-20-13-32(14-20)18-12-34(29(40)41-15-18)17-10-33(11-17)22-3-1-2-21-25(22)28(39)35(27(21)38)23-8-9-24(36)31-26(23)37/h1-7,17-18,20,23H,8-15,30H2,(H,31,36,37). The van der Waals surface area contributed by atoms with Crippen molar-refractivity contribution in [2.45, 2.75) is 37.1 Å². The van der Waals surface area contributed by atoms with Crippen LogP contribution in [0.1, 0.15) is 33.6 Å². The van der Waals surface area contributed by atoms with E-state index in [0.29, 0.717) is 37.6 Å². The van der Waals surface area contributed by atoms with Gasteiger partial charge in [-0.2, -0.15) is 0 Å². The van der Waals surface area contributed by atoms with Crippen LogP contribution in [0.2, 0.25) is 0 Å². The number of rotatable bonds is 6. The molecule has 13 nitrogen and oxygen atoms in total. The number of carbonyl (C=O) groups excluding carboxylic acids is 5. The molecule has 5 heterocycles. The fraction of sp³-hybridized carbons (Fsp3) is 0.414. The molecule has 3 N–H and O–H groups in total. The molecule has 0 bridgehead atoms. The number of nitrogen functional groups attached to an aromatic ring is 1. The largest absolute Gasteiger partial charge is 0.488 e. The van der Waals surface area contributed by atoms with E-state index in [0.717, 1.165) is 23.7 Å². The summed E-state index contributed by atoms with van der Waals surface area (Å²) in [6.45, 7) is 3.25. The smallest absolute Gasteiger partial charge is 0.410 e. The summed E-state index contributed by atoms with van der Waals surface area (Å²) in [6.07, 6.45) is -0.148. The summed E-state index contributed by atoms with van der Waals surface area (Å²) in [5.74, 6) is -1.38. The second-order valence-electron chi connectivity index (χ2n) is 11.4. The molecule has 5 amide bonds. The molecule has 2 aromatic carbocycles. The molecule has 2 unspecified atom stereocenters. The Balaban J connectivity index is 0.979. The molecule has 0 aromatic heterocycles. The topological polar surface area (TPSA) is 155 Å². The minimum atomic E-state index is -1.02. The van der Waals surface area contributed by atoms with E-state index in [1.807, 2.05) is 17.0 Å². The number of hydrogen-bond donors (Lipinski definition) is 2. The summed E-state index contributed by atoms with van der Waals surface area (Å²) in [5.41, 5.74) is 7.49. The van der Waals surface area contributed by atoms with Gasteiger partial charge in [0.05, 0.1) is 28.9 Å². The van der Waals surface area contributed by atoms with Crippen molar-refractivity contribution in [3.63, 3.8) is 0 Å². The molecule has 0 saturated carbocycles. The van der Waals surface area contributed by atoms with Crippen LogP contribution in [-0.2, 0) is 14.3 Å². The second kappa shape index (κ2) is 10.0. The molecular weight excluding hydrogens is 544 g/mol. The number of likely N-dealkylation sites (tertiary alicyclic amines) is 1. The van der Waals surface area contributed by atoms with Crippen LogP contribution in [0, 0.1) is 0 Å². The fourth-order valence-electron chi connectivity index (χ4n) is 6.31. The number of amides is 5. The highest BCUT2D eigenvalue weighted by Gasteiger charge is 2.48. The van der Waals surface area contributed by atoms with Crippen LogP contribution in [-0.4, -0.2) is 108 Å². The number of imide groups is 2. The molecule has 42 heavy (non-hydrogen) atoms. The van der Waals surface area contributed by atoms with Crippen molar-refractivity contribution in [2.24, 2.45) is 0 Å². The molecule has 0 radical (unpaired) electrons. The maximum Gasteiger partial charge on any atom is 0.410 e. The number of ether oxygens (including phenoxy) is 2. The van der Waals surface area contributed by atoms with Crippen molar-refractivity contribution < 1.29 is 33.4 Å².